The summed E-state index contributed by atoms with van der Waals surface area (Å²) in [6, 6.07) is 1.12. The number of fused-ring (bicyclic) bond motifs is 4. The first kappa shape index (κ1) is 18.5. The van der Waals surface area contributed by atoms with Crippen molar-refractivity contribution in [3.63, 3.8) is 0 Å². The molecule has 7 heteroatoms. The quantitative estimate of drug-likeness (QED) is 0.862. The number of aromatic nitrogens is 2. The lowest BCUT2D eigenvalue weighted by Crippen LogP contribution is -2.64. The van der Waals surface area contributed by atoms with E-state index < -0.39 is 11.2 Å². The average Bonchev–Trinajstić information content (AvgIpc) is 2.67. The number of hydrogen-bond acceptors (Lipinski definition) is 4. The fourth-order valence-electron chi connectivity index (χ4n) is 5.65. The highest BCUT2D eigenvalue weighted by Gasteiger charge is 2.47. The molecule has 1 aromatic rings. The topological polar surface area (TPSA) is 78.4 Å². The summed E-state index contributed by atoms with van der Waals surface area (Å²) in [6.07, 6.45) is 8.69. The second-order valence-corrected chi connectivity index (χ2v) is 8.54. The molecule has 0 saturated carbocycles. The van der Waals surface area contributed by atoms with Crippen molar-refractivity contribution in [2.45, 2.75) is 57.5 Å². The van der Waals surface area contributed by atoms with Gasteiger partial charge in [-0.05, 0) is 44.1 Å². The highest BCUT2D eigenvalue weighted by atomic mass is 16.2. The molecule has 27 heavy (non-hydrogen) atoms. The van der Waals surface area contributed by atoms with Gasteiger partial charge in [0.25, 0.3) is 11.5 Å². The number of nitrogens with one attached hydrogen (secondary N) is 1. The zero-order valence-electron chi connectivity index (χ0n) is 16.3. The van der Waals surface area contributed by atoms with Crippen molar-refractivity contribution in [2.75, 3.05) is 19.6 Å². The summed E-state index contributed by atoms with van der Waals surface area (Å²) < 4.78 is 1.27. The van der Waals surface area contributed by atoms with Crippen LogP contribution in [-0.4, -0.2) is 57.0 Å². The van der Waals surface area contributed by atoms with Gasteiger partial charge in [0.15, 0.2) is 0 Å². The third kappa shape index (κ3) is 3.26. The fourth-order valence-corrected chi connectivity index (χ4v) is 5.65. The lowest BCUT2D eigenvalue weighted by Gasteiger charge is -2.57. The predicted molar refractivity (Wildman–Crippen MR) is 103 cm³/mol. The molecule has 0 spiro atoms. The van der Waals surface area contributed by atoms with Crippen molar-refractivity contribution in [1.29, 1.82) is 0 Å². The number of aryl methyl sites for hydroxylation is 1. The number of amides is 1. The Bertz CT molecular complexity index is 829. The Balaban J connectivity index is 1.61. The van der Waals surface area contributed by atoms with Gasteiger partial charge in [-0.25, -0.2) is 4.79 Å². The maximum absolute atomic E-state index is 13.1. The first-order chi connectivity index (χ1) is 13.0. The summed E-state index contributed by atoms with van der Waals surface area (Å²) in [7, 11) is 1.55. The average molecular weight is 374 g/mol. The van der Waals surface area contributed by atoms with Gasteiger partial charge >= 0.3 is 5.69 Å². The van der Waals surface area contributed by atoms with Crippen molar-refractivity contribution in [1.82, 2.24) is 19.4 Å². The number of carbonyl (C=O) groups is 1. The second-order valence-electron chi connectivity index (χ2n) is 8.54. The lowest BCUT2D eigenvalue weighted by molar-refractivity contribution is -0.0671. The first-order valence-corrected chi connectivity index (χ1v) is 10.3. The number of H-pyrrole nitrogens is 1. The van der Waals surface area contributed by atoms with E-state index in [1.54, 1.807) is 7.05 Å². The Morgan fingerprint density at radius 3 is 2.78 bits per heavy atom. The van der Waals surface area contributed by atoms with E-state index in [2.05, 4.69) is 16.8 Å². The van der Waals surface area contributed by atoms with Crippen molar-refractivity contribution < 1.29 is 4.79 Å². The van der Waals surface area contributed by atoms with Crippen LogP contribution >= 0.6 is 0 Å². The van der Waals surface area contributed by atoms with Gasteiger partial charge in [-0.1, -0.05) is 19.8 Å². The van der Waals surface area contributed by atoms with Gasteiger partial charge in [0, 0.05) is 38.4 Å². The maximum atomic E-state index is 13.1. The van der Waals surface area contributed by atoms with Crippen LogP contribution in [-0.2, 0) is 7.05 Å². The standard InChI is InChI=1S/C20H30N4O3/c1-3-6-16-13-9-14(17-7-4-5-8-24(16)17)11-23(10-13)19(26)15-12-22(2)20(27)21-18(15)25/h12-14,16-17H,3-11H2,1-2H3,(H,21,25,27)/t13-,14+,16-,17-/m0/s1. The smallest absolute Gasteiger partial charge is 0.328 e. The molecule has 0 unspecified atom stereocenters. The number of rotatable bonds is 3. The van der Waals surface area contributed by atoms with Gasteiger partial charge in [-0.15, -0.1) is 0 Å². The Hall–Kier alpha value is -1.89. The molecule has 3 aliphatic rings. The molecule has 1 aromatic heterocycles. The summed E-state index contributed by atoms with van der Waals surface area (Å²) in [5.74, 6) is 0.738. The fraction of sp³-hybridized carbons (Fsp3) is 0.750. The zero-order chi connectivity index (χ0) is 19.1. The van der Waals surface area contributed by atoms with E-state index in [-0.39, 0.29) is 11.5 Å². The molecule has 4 heterocycles. The van der Waals surface area contributed by atoms with Gasteiger partial charge in [0.2, 0.25) is 0 Å². The van der Waals surface area contributed by atoms with E-state index >= 15 is 0 Å². The third-order valence-corrected chi connectivity index (χ3v) is 6.83. The summed E-state index contributed by atoms with van der Waals surface area (Å²) in [5, 5.41) is 0. The molecule has 148 valence electrons. The molecule has 4 rings (SSSR count). The molecule has 3 aliphatic heterocycles. The predicted octanol–water partition coefficient (Wildman–Crippen LogP) is 1.19. The van der Waals surface area contributed by atoms with Crippen LogP contribution in [0.4, 0.5) is 0 Å². The largest absolute Gasteiger partial charge is 0.338 e. The van der Waals surface area contributed by atoms with E-state index in [0.29, 0.717) is 30.5 Å². The molecule has 1 amide bonds. The van der Waals surface area contributed by atoms with Gasteiger partial charge < -0.3 is 9.47 Å². The highest BCUT2D eigenvalue weighted by Crippen LogP contribution is 2.42. The summed E-state index contributed by atoms with van der Waals surface area (Å²) in [4.78, 5) is 43.8. The molecule has 3 saturated heterocycles. The van der Waals surface area contributed by atoms with E-state index in [1.165, 1.54) is 49.4 Å². The van der Waals surface area contributed by atoms with E-state index in [1.807, 2.05) is 4.90 Å². The number of hydrogen-bond donors (Lipinski definition) is 1. The van der Waals surface area contributed by atoms with E-state index in [4.69, 9.17) is 0 Å². The molecule has 3 fully saturated rings. The molecule has 0 radical (unpaired) electrons. The van der Waals surface area contributed by atoms with Crippen molar-refractivity contribution in [2.24, 2.45) is 18.9 Å². The summed E-state index contributed by atoms with van der Waals surface area (Å²) >= 11 is 0. The minimum Gasteiger partial charge on any atom is -0.338 e. The van der Waals surface area contributed by atoms with Gasteiger partial charge in [-0.2, -0.15) is 0 Å². The number of carbonyl (C=O) groups excluding carboxylic acids is 1. The van der Waals surface area contributed by atoms with Crippen molar-refractivity contribution in [3.05, 3.63) is 32.6 Å². The van der Waals surface area contributed by atoms with Gasteiger partial charge in [0.1, 0.15) is 5.56 Å². The SMILES string of the molecule is CCC[C@H]1[C@H]2C[C@H](CN(C(=O)c3cn(C)c(=O)[nH]c3=O)C2)[C@@H]2CCCCN21. The Kier molecular flexibility index (Phi) is 4.97. The number of likely N-dealkylation sites (tertiary alicyclic amines) is 1. The zero-order valence-corrected chi connectivity index (χ0v) is 16.3. The van der Waals surface area contributed by atoms with Crippen LogP contribution in [0.1, 0.15) is 55.8 Å². The first-order valence-electron chi connectivity index (χ1n) is 10.3. The Morgan fingerprint density at radius 1 is 1.22 bits per heavy atom. The van der Waals surface area contributed by atoms with Crippen LogP contribution in [0, 0.1) is 11.8 Å². The monoisotopic (exact) mass is 374 g/mol. The minimum absolute atomic E-state index is 0.0737. The normalized spacial score (nSPS) is 30.8. The van der Waals surface area contributed by atoms with Crippen LogP contribution in [0.5, 0.6) is 0 Å². The van der Waals surface area contributed by atoms with Crippen LogP contribution in [0.2, 0.25) is 0 Å². The molecule has 7 nitrogen and oxygen atoms in total. The van der Waals surface area contributed by atoms with Crippen molar-refractivity contribution >= 4 is 5.91 Å². The van der Waals surface area contributed by atoms with Crippen LogP contribution < -0.4 is 11.2 Å². The second kappa shape index (κ2) is 7.26. The molecule has 0 aliphatic carbocycles. The summed E-state index contributed by atoms with van der Waals surface area (Å²) in [6.45, 7) is 4.86. The van der Waals surface area contributed by atoms with Crippen LogP contribution in [0.15, 0.2) is 15.8 Å². The van der Waals surface area contributed by atoms with Crippen molar-refractivity contribution in [3.8, 4) is 0 Å². The molecule has 2 bridgehead atoms. The lowest BCUT2D eigenvalue weighted by atomic mass is 9.71. The third-order valence-electron chi connectivity index (χ3n) is 6.83. The Morgan fingerprint density at radius 2 is 2.00 bits per heavy atom. The number of nitrogens with zero attached hydrogens (tertiary/aromatic N) is 3. The number of piperidine rings is 3. The maximum Gasteiger partial charge on any atom is 0.328 e. The molecule has 4 atom stereocenters. The highest BCUT2D eigenvalue weighted by molar-refractivity contribution is 5.93. The van der Waals surface area contributed by atoms with E-state index in [9.17, 15) is 14.4 Å². The number of aromatic amines is 1. The molecule has 0 aromatic carbocycles. The van der Waals surface area contributed by atoms with Crippen LogP contribution in [0.25, 0.3) is 0 Å². The molecule has 1 N–H and O–H groups in total. The molecular formula is C20H30N4O3. The minimum atomic E-state index is -0.580. The van der Waals surface area contributed by atoms with E-state index in [0.717, 1.165) is 13.0 Å². The van der Waals surface area contributed by atoms with Crippen LogP contribution in [0.3, 0.4) is 0 Å². The van der Waals surface area contributed by atoms with Gasteiger partial charge in [-0.3, -0.25) is 19.5 Å². The van der Waals surface area contributed by atoms with Gasteiger partial charge in [0.05, 0.1) is 0 Å². The summed E-state index contributed by atoms with van der Waals surface area (Å²) in [5.41, 5.74) is -0.999. The Labute approximate surface area is 159 Å². The molecular weight excluding hydrogens is 344 g/mol.